The van der Waals surface area contributed by atoms with E-state index in [1.54, 1.807) is 12.1 Å². The van der Waals surface area contributed by atoms with Crippen LogP contribution in [0.15, 0.2) is 48.5 Å². The zero-order valence-corrected chi connectivity index (χ0v) is 17.8. The van der Waals surface area contributed by atoms with Gasteiger partial charge in [-0.25, -0.2) is 0 Å². The van der Waals surface area contributed by atoms with E-state index >= 15 is 0 Å². The van der Waals surface area contributed by atoms with Gasteiger partial charge in [0.15, 0.2) is 0 Å². The summed E-state index contributed by atoms with van der Waals surface area (Å²) in [4.78, 5) is 15.1. The van der Waals surface area contributed by atoms with E-state index in [1.165, 1.54) is 57.2 Å². The van der Waals surface area contributed by atoms with Gasteiger partial charge in [0.1, 0.15) is 0 Å². The summed E-state index contributed by atoms with van der Waals surface area (Å²) in [6.45, 7) is 6.81. The van der Waals surface area contributed by atoms with Crippen molar-refractivity contribution < 1.29 is 4.92 Å². The normalized spacial score (nSPS) is 17.7. The van der Waals surface area contributed by atoms with Crippen LogP contribution in [0, 0.1) is 10.1 Å². The first-order valence-corrected chi connectivity index (χ1v) is 11.1. The summed E-state index contributed by atoms with van der Waals surface area (Å²) in [6.07, 6.45) is 7.99. The van der Waals surface area contributed by atoms with Crippen molar-refractivity contribution in [2.45, 2.75) is 51.6 Å². The maximum absolute atomic E-state index is 10.5. The van der Waals surface area contributed by atoms with Crippen LogP contribution in [0.25, 0.3) is 0 Å². The van der Waals surface area contributed by atoms with Crippen LogP contribution < -0.4 is 5.73 Å². The van der Waals surface area contributed by atoms with Gasteiger partial charge in [0, 0.05) is 30.9 Å². The van der Waals surface area contributed by atoms with Crippen molar-refractivity contribution in [2.75, 3.05) is 31.9 Å². The van der Waals surface area contributed by atoms with Crippen molar-refractivity contribution in [3.8, 4) is 0 Å². The third kappa shape index (κ3) is 7.43. The number of nitro groups is 1. The number of likely N-dealkylation sites (tertiary alicyclic amines) is 2. The second-order valence-electron chi connectivity index (χ2n) is 8.34. The van der Waals surface area contributed by atoms with E-state index in [0.717, 1.165) is 37.4 Å². The number of nitrogens with zero attached hydrogens (tertiary/aromatic N) is 3. The summed E-state index contributed by atoms with van der Waals surface area (Å²) >= 11 is 0. The van der Waals surface area contributed by atoms with Gasteiger partial charge in [-0.1, -0.05) is 37.1 Å². The van der Waals surface area contributed by atoms with E-state index in [-0.39, 0.29) is 10.6 Å². The Balaban J connectivity index is 0.000000172. The smallest absolute Gasteiger partial charge is 0.269 e. The quantitative estimate of drug-likeness (QED) is 0.434. The van der Waals surface area contributed by atoms with Crippen molar-refractivity contribution in [1.29, 1.82) is 0 Å². The first-order chi connectivity index (χ1) is 14.6. The number of rotatable bonds is 5. The predicted molar refractivity (Wildman–Crippen MR) is 122 cm³/mol. The molecule has 2 aliphatic rings. The summed E-state index contributed by atoms with van der Waals surface area (Å²) in [7, 11) is 0. The molecule has 0 bridgehead atoms. The van der Waals surface area contributed by atoms with Crippen molar-refractivity contribution in [2.24, 2.45) is 0 Å². The van der Waals surface area contributed by atoms with E-state index < -0.39 is 0 Å². The Morgan fingerprint density at radius 3 is 1.50 bits per heavy atom. The summed E-state index contributed by atoms with van der Waals surface area (Å²) < 4.78 is 0. The number of nitro benzene ring substituents is 1. The second-order valence-corrected chi connectivity index (χ2v) is 8.34. The Labute approximate surface area is 179 Å². The Hall–Kier alpha value is -2.44. The average Bonchev–Trinajstić information content (AvgIpc) is 2.78. The molecule has 4 rings (SSSR count). The third-order valence-electron chi connectivity index (χ3n) is 5.84. The van der Waals surface area contributed by atoms with Crippen molar-refractivity contribution >= 4 is 11.4 Å². The molecule has 0 aliphatic carbocycles. The van der Waals surface area contributed by atoms with Crippen LogP contribution in [0.3, 0.4) is 0 Å². The molecule has 0 spiro atoms. The number of nitrogen functional groups attached to an aromatic ring is 1. The maximum Gasteiger partial charge on any atom is 0.269 e. The number of hydrogen-bond donors (Lipinski definition) is 1. The lowest BCUT2D eigenvalue weighted by atomic mass is 10.1. The molecule has 0 radical (unpaired) electrons. The monoisotopic (exact) mass is 410 g/mol. The standard InChI is InChI=1S/C12H16N2O2.C12H18N2/c15-14(16)12-6-4-11(5-7-12)10-13-8-2-1-3-9-13;13-12-6-4-11(5-7-12)10-14-8-2-1-3-9-14/h4-7H,1-3,8-10H2;4-7H,1-3,8-10,13H2. The molecule has 6 heteroatoms. The largest absolute Gasteiger partial charge is 0.399 e. The molecule has 2 fully saturated rings. The lowest BCUT2D eigenvalue weighted by Crippen LogP contribution is -2.29. The highest BCUT2D eigenvalue weighted by atomic mass is 16.6. The number of anilines is 1. The lowest BCUT2D eigenvalue weighted by Gasteiger charge is -2.26. The molecule has 0 aromatic heterocycles. The zero-order chi connectivity index (χ0) is 21.2. The molecule has 6 nitrogen and oxygen atoms in total. The Bertz CT molecular complexity index is 765. The predicted octanol–water partition coefficient (Wildman–Crippen LogP) is 4.84. The molecular formula is C24H34N4O2. The van der Waals surface area contributed by atoms with Crippen molar-refractivity contribution in [3.63, 3.8) is 0 Å². The highest BCUT2D eigenvalue weighted by Gasteiger charge is 2.11. The van der Waals surface area contributed by atoms with Gasteiger partial charge >= 0.3 is 0 Å². The molecule has 2 heterocycles. The number of piperidine rings is 2. The highest BCUT2D eigenvalue weighted by molar-refractivity contribution is 5.39. The first-order valence-electron chi connectivity index (χ1n) is 11.1. The van der Waals surface area contributed by atoms with Gasteiger partial charge in [0.05, 0.1) is 4.92 Å². The molecule has 0 atom stereocenters. The van der Waals surface area contributed by atoms with Crippen LogP contribution in [0.4, 0.5) is 11.4 Å². The molecule has 0 amide bonds. The summed E-state index contributed by atoms with van der Waals surface area (Å²) in [6, 6.07) is 15.1. The SMILES string of the molecule is Nc1ccc(CN2CCCCC2)cc1.O=[N+]([O-])c1ccc(CN2CCCCC2)cc1. The molecule has 0 saturated carbocycles. The van der Waals surface area contributed by atoms with Gasteiger partial charge in [-0.3, -0.25) is 19.9 Å². The maximum atomic E-state index is 10.5. The minimum absolute atomic E-state index is 0.169. The van der Waals surface area contributed by atoms with Gasteiger partial charge in [-0.05, 0) is 75.1 Å². The molecule has 30 heavy (non-hydrogen) atoms. The fraction of sp³-hybridized carbons (Fsp3) is 0.500. The molecule has 2 aromatic carbocycles. The van der Waals surface area contributed by atoms with E-state index in [4.69, 9.17) is 5.73 Å². The van der Waals surface area contributed by atoms with Gasteiger partial charge in [-0.2, -0.15) is 0 Å². The Morgan fingerprint density at radius 1 is 0.700 bits per heavy atom. The first kappa shape index (κ1) is 22.2. The summed E-state index contributed by atoms with van der Waals surface area (Å²) in [5.41, 5.74) is 9.20. The van der Waals surface area contributed by atoms with Gasteiger partial charge in [0.2, 0.25) is 0 Å². The molecular weight excluding hydrogens is 376 g/mol. The second kappa shape index (κ2) is 11.7. The number of nitrogens with two attached hydrogens (primary N) is 1. The van der Waals surface area contributed by atoms with Crippen LogP contribution >= 0.6 is 0 Å². The molecule has 2 N–H and O–H groups in total. The number of hydrogen-bond acceptors (Lipinski definition) is 5. The van der Waals surface area contributed by atoms with Crippen molar-refractivity contribution in [3.05, 3.63) is 69.8 Å². The van der Waals surface area contributed by atoms with Crippen LogP contribution in [-0.4, -0.2) is 40.9 Å². The Morgan fingerprint density at radius 2 is 1.10 bits per heavy atom. The molecule has 2 aromatic rings. The van der Waals surface area contributed by atoms with Crippen LogP contribution in [0.2, 0.25) is 0 Å². The van der Waals surface area contributed by atoms with Gasteiger partial charge in [-0.15, -0.1) is 0 Å². The fourth-order valence-electron chi connectivity index (χ4n) is 4.10. The molecule has 2 aliphatic heterocycles. The highest BCUT2D eigenvalue weighted by Crippen LogP contribution is 2.16. The minimum atomic E-state index is -0.356. The van der Waals surface area contributed by atoms with Gasteiger partial charge in [0.25, 0.3) is 5.69 Å². The lowest BCUT2D eigenvalue weighted by molar-refractivity contribution is -0.384. The fourth-order valence-corrected chi connectivity index (χ4v) is 4.10. The van der Waals surface area contributed by atoms with E-state index in [0.29, 0.717) is 0 Å². The molecule has 162 valence electrons. The summed E-state index contributed by atoms with van der Waals surface area (Å²) in [5.74, 6) is 0. The molecule has 2 saturated heterocycles. The summed E-state index contributed by atoms with van der Waals surface area (Å²) in [5, 5.41) is 10.5. The zero-order valence-electron chi connectivity index (χ0n) is 17.8. The van der Waals surface area contributed by atoms with Crippen LogP contribution in [0.1, 0.15) is 49.7 Å². The number of non-ortho nitro benzene ring substituents is 1. The minimum Gasteiger partial charge on any atom is -0.399 e. The Kier molecular flexibility index (Phi) is 8.66. The van der Waals surface area contributed by atoms with E-state index in [9.17, 15) is 10.1 Å². The van der Waals surface area contributed by atoms with Crippen molar-refractivity contribution in [1.82, 2.24) is 9.80 Å². The molecule has 0 unspecified atom stereocenters. The van der Waals surface area contributed by atoms with E-state index in [1.807, 2.05) is 24.3 Å². The van der Waals surface area contributed by atoms with Gasteiger partial charge < -0.3 is 5.73 Å². The number of benzene rings is 2. The van der Waals surface area contributed by atoms with Crippen LogP contribution in [0.5, 0.6) is 0 Å². The van der Waals surface area contributed by atoms with Crippen LogP contribution in [-0.2, 0) is 13.1 Å². The third-order valence-corrected chi connectivity index (χ3v) is 5.84. The average molecular weight is 411 g/mol. The van der Waals surface area contributed by atoms with E-state index in [2.05, 4.69) is 21.9 Å². The topological polar surface area (TPSA) is 75.6 Å².